The molecular weight excluding hydrogens is 340 g/mol. The minimum Gasteiger partial charge on any atom is -0.496 e. The summed E-state index contributed by atoms with van der Waals surface area (Å²) in [5.74, 6) is 0.889. The van der Waals surface area contributed by atoms with E-state index in [0.717, 1.165) is 11.3 Å². The van der Waals surface area contributed by atoms with Gasteiger partial charge in [0.15, 0.2) is 0 Å². The van der Waals surface area contributed by atoms with Crippen molar-refractivity contribution in [3.63, 3.8) is 0 Å². The van der Waals surface area contributed by atoms with Gasteiger partial charge < -0.3 is 4.74 Å². The fourth-order valence-corrected chi connectivity index (χ4v) is 4.18. The molecule has 0 spiro atoms. The molecule has 0 N–H and O–H groups in total. The lowest BCUT2D eigenvalue weighted by Crippen LogP contribution is -1.94. The van der Waals surface area contributed by atoms with Gasteiger partial charge in [0.05, 0.1) is 7.11 Å². The molecule has 0 heterocycles. The van der Waals surface area contributed by atoms with Crippen LogP contribution in [0.4, 0.5) is 0 Å². The molecular formula is C27H20O. The Labute approximate surface area is 164 Å². The van der Waals surface area contributed by atoms with Crippen LogP contribution in [0.5, 0.6) is 5.75 Å². The third-order valence-electron chi connectivity index (χ3n) is 5.37. The van der Waals surface area contributed by atoms with E-state index in [-0.39, 0.29) is 0 Å². The van der Waals surface area contributed by atoms with Crippen LogP contribution in [-0.2, 0) is 0 Å². The summed E-state index contributed by atoms with van der Waals surface area (Å²) >= 11 is 0. The highest BCUT2D eigenvalue weighted by Gasteiger charge is 2.19. The Balaban J connectivity index is 2.06. The number of hydrogen-bond acceptors (Lipinski definition) is 1. The quantitative estimate of drug-likeness (QED) is 0.306. The highest BCUT2D eigenvalue weighted by Crippen LogP contribution is 2.46. The standard InChI is InChI=1S/C27H20O/c1-28-25-18-10-9-17-24(25)27-23-16-8-6-14-21(23)20-13-5-7-15-22(20)26(27)19-11-3-2-4-12-19/h2-18H,1H3. The molecule has 5 rings (SSSR count). The van der Waals surface area contributed by atoms with Crippen molar-refractivity contribution < 1.29 is 4.74 Å². The first-order valence-corrected chi connectivity index (χ1v) is 9.51. The van der Waals surface area contributed by atoms with Gasteiger partial charge in [-0.2, -0.15) is 0 Å². The van der Waals surface area contributed by atoms with Gasteiger partial charge in [0.2, 0.25) is 0 Å². The summed E-state index contributed by atoms with van der Waals surface area (Å²) < 4.78 is 5.75. The van der Waals surface area contributed by atoms with Crippen LogP contribution in [0.2, 0.25) is 0 Å². The molecule has 0 amide bonds. The van der Waals surface area contributed by atoms with Crippen LogP contribution in [0.15, 0.2) is 103 Å². The summed E-state index contributed by atoms with van der Waals surface area (Å²) in [6.07, 6.45) is 0. The second-order valence-electron chi connectivity index (χ2n) is 6.91. The molecule has 0 saturated carbocycles. The molecule has 0 fully saturated rings. The molecule has 1 nitrogen and oxygen atoms in total. The van der Waals surface area contributed by atoms with Gasteiger partial charge in [-0.3, -0.25) is 0 Å². The van der Waals surface area contributed by atoms with E-state index in [4.69, 9.17) is 4.74 Å². The van der Waals surface area contributed by atoms with Gasteiger partial charge in [-0.15, -0.1) is 0 Å². The van der Waals surface area contributed by atoms with E-state index >= 15 is 0 Å². The van der Waals surface area contributed by atoms with Crippen LogP contribution >= 0.6 is 0 Å². The molecule has 0 aromatic heterocycles. The SMILES string of the molecule is COc1ccccc1-c1c(-c2ccccc2)c2ccccc2c2ccccc12. The van der Waals surface area contributed by atoms with E-state index in [1.807, 2.05) is 12.1 Å². The lowest BCUT2D eigenvalue weighted by molar-refractivity contribution is 0.416. The number of hydrogen-bond donors (Lipinski definition) is 0. The molecule has 0 aliphatic heterocycles. The maximum atomic E-state index is 5.75. The first kappa shape index (κ1) is 16.6. The predicted molar refractivity (Wildman–Crippen MR) is 119 cm³/mol. The second kappa shape index (κ2) is 6.86. The van der Waals surface area contributed by atoms with Crippen molar-refractivity contribution in [1.29, 1.82) is 0 Å². The van der Waals surface area contributed by atoms with E-state index in [2.05, 4.69) is 91.0 Å². The zero-order valence-corrected chi connectivity index (χ0v) is 15.7. The van der Waals surface area contributed by atoms with E-state index in [9.17, 15) is 0 Å². The fourth-order valence-electron chi connectivity index (χ4n) is 4.18. The molecule has 0 radical (unpaired) electrons. The van der Waals surface area contributed by atoms with Crippen molar-refractivity contribution in [1.82, 2.24) is 0 Å². The Kier molecular flexibility index (Phi) is 4.06. The van der Waals surface area contributed by atoms with Crippen molar-refractivity contribution >= 4 is 21.5 Å². The van der Waals surface area contributed by atoms with Gasteiger partial charge in [0.25, 0.3) is 0 Å². The van der Waals surface area contributed by atoms with Crippen molar-refractivity contribution in [3.05, 3.63) is 103 Å². The molecule has 0 atom stereocenters. The molecule has 0 aliphatic rings. The average Bonchev–Trinajstić information content (AvgIpc) is 2.78. The fraction of sp³-hybridized carbons (Fsp3) is 0.0370. The van der Waals surface area contributed by atoms with Crippen molar-refractivity contribution in [2.24, 2.45) is 0 Å². The number of rotatable bonds is 3. The van der Waals surface area contributed by atoms with Crippen LogP contribution in [0.25, 0.3) is 43.8 Å². The summed E-state index contributed by atoms with van der Waals surface area (Å²) in [7, 11) is 1.74. The maximum Gasteiger partial charge on any atom is 0.126 e. The van der Waals surface area contributed by atoms with Crippen LogP contribution < -0.4 is 4.74 Å². The molecule has 134 valence electrons. The molecule has 5 aromatic carbocycles. The van der Waals surface area contributed by atoms with Crippen molar-refractivity contribution in [2.45, 2.75) is 0 Å². The summed E-state index contributed by atoms with van der Waals surface area (Å²) in [4.78, 5) is 0. The number of ether oxygens (including phenoxy) is 1. The van der Waals surface area contributed by atoms with Gasteiger partial charge >= 0.3 is 0 Å². The highest BCUT2D eigenvalue weighted by molar-refractivity contribution is 6.21. The van der Waals surface area contributed by atoms with Gasteiger partial charge in [-0.25, -0.2) is 0 Å². The third-order valence-corrected chi connectivity index (χ3v) is 5.37. The molecule has 0 bridgehead atoms. The molecule has 0 unspecified atom stereocenters. The Bertz CT molecular complexity index is 1290. The van der Waals surface area contributed by atoms with E-state index in [1.54, 1.807) is 7.11 Å². The van der Waals surface area contributed by atoms with Crippen LogP contribution in [0, 0.1) is 0 Å². The minimum atomic E-state index is 0.889. The topological polar surface area (TPSA) is 9.23 Å². The van der Waals surface area contributed by atoms with Crippen molar-refractivity contribution in [3.8, 4) is 28.0 Å². The van der Waals surface area contributed by atoms with Crippen LogP contribution in [0.1, 0.15) is 0 Å². The summed E-state index contributed by atoms with van der Waals surface area (Å²) in [5, 5.41) is 5.03. The number of benzene rings is 5. The zero-order valence-electron chi connectivity index (χ0n) is 15.7. The monoisotopic (exact) mass is 360 g/mol. The van der Waals surface area contributed by atoms with E-state index < -0.39 is 0 Å². The summed E-state index contributed by atoms with van der Waals surface area (Å²) in [6.45, 7) is 0. The zero-order chi connectivity index (χ0) is 18.9. The van der Waals surface area contributed by atoms with Gasteiger partial charge in [0, 0.05) is 11.1 Å². The second-order valence-corrected chi connectivity index (χ2v) is 6.91. The highest BCUT2D eigenvalue weighted by atomic mass is 16.5. The van der Waals surface area contributed by atoms with E-state index in [0.29, 0.717) is 0 Å². The lowest BCUT2D eigenvalue weighted by Gasteiger charge is -2.19. The van der Waals surface area contributed by atoms with Crippen LogP contribution in [0.3, 0.4) is 0 Å². The maximum absolute atomic E-state index is 5.75. The lowest BCUT2D eigenvalue weighted by atomic mass is 9.85. The molecule has 28 heavy (non-hydrogen) atoms. The largest absolute Gasteiger partial charge is 0.496 e. The minimum absolute atomic E-state index is 0.889. The predicted octanol–water partition coefficient (Wildman–Crippen LogP) is 7.34. The molecule has 1 heteroatoms. The Hall–Kier alpha value is -3.58. The number of para-hydroxylation sites is 1. The smallest absolute Gasteiger partial charge is 0.126 e. The summed E-state index contributed by atoms with van der Waals surface area (Å²) in [6, 6.07) is 36.3. The van der Waals surface area contributed by atoms with Gasteiger partial charge in [-0.05, 0) is 38.7 Å². The van der Waals surface area contributed by atoms with Crippen LogP contribution in [-0.4, -0.2) is 7.11 Å². The van der Waals surface area contributed by atoms with Crippen molar-refractivity contribution in [2.75, 3.05) is 7.11 Å². The Morgan fingerprint density at radius 2 is 0.964 bits per heavy atom. The number of methoxy groups -OCH3 is 1. The Morgan fingerprint density at radius 1 is 0.464 bits per heavy atom. The Morgan fingerprint density at radius 3 is 1.61 bits per heavy atom. The first-order chi connectivity index (χ1) is 13.9. The van der Waals surface area contributed by atoms with Gasteiger partial charge in [0.1, 0.15) is 5.75 Å². The molecule has 0 saturated heterocycles. The normalized spacial score (nSPS) is 11.0. The first-order valence-electron chi connectivity index (χ1n) is 9.51. The van der Waals surface area contributed by atoms with Gasteiger partial charge in [-0.1, -0.05) is 97.1 Å². The number of fused-ring (bicyclic) bond motifs is 3. The summed E-state index contributed by atoms with van der Waals surface area (Å²) in [5.41, 5.74) is 4.80. The molecule has 0 aliphatic carbocycles. The third kappa shape index (κ3) is 2.56. The molecule has 5 aromatic rings. The van der Waals surface area contributed by atoms with E-state index in [1.165, 1.54) is 38.2 Å². The average molecular weight is 360 g/mol.